The van der Waals surface area contributed by atoms with Crippen LogP contribution < -0.4 is 9.62 Å². The lowest BCUT2D eigenvalue weighted by molar-refractivity contribution is 0.0983. The van der Waals surface area contributed by atoms with Gasteiger partial charge >= 0.3 is 0 Å². The summed E-state index contributed by atoms with van der Waals surface area (Å²) in [5, 5.41) is 4.16. The Hall–Kier alpha value is -2.87. The van der Waals surface area contributed by atoms with Crippen LogP contribution in [0, 0.1) is 0 Å². The summed E-state index contributed by atoms with van der Waals surface area (Å²) in [5.74, 6) is -0.919. The van der Waals surface area contributed by atoms with Crippen molar-refractivity contribution < 1.29 is 13.2 Å². The van der Waals surface area contributed by atoms with Gasteiger partial charge in [0.2, 0.25) is 10.0 Å². The molecule has 0 aliphatic carbocycles. The largest absolute Gasteiger partial charge is 0.371 e. The fraction of sp³-hybridized carbons (Fsp3) is 0.263. The molecule has 8 heteroatoms. The molecule has 0 atom stereocenters. The number of aromatic nitrogens is 2. The molecule has 1 saturated heterocycles. The first-order valence-electron chi connectivity index (χ1n) is 8.83. The Kier molecular flexibility index (Phi) is 4.57. The summed E-state index contributed by atoms with van der Waals surface area (Å²) in [5.41, 5.74) is 2.47. The maximum atomic E-state index is 12.6. The van der Waals surface area contributed by atoms with E-state index in [9.17, 15) is 13.2 Å². The Morgan fingerprint density at radius 3 is 2.59 bits per heavy atom. The second kappa shape index (κ2) is 7.03. The van der Waals surface area contributed by atoms with Crippen molar-refractivity contribution in [3.63, 3.8) is 0 Å². The Bertz CT molecular complexity index is 1070. The smallest absolute Gasteiger partial charge is 0.268 e. The van der Waals surface area contributed by atoms with E-state index in [1.165, 1.54) is 6.20 Å². The maximum absolute atomic E-state index is 12.6. The summed E-state index contributed by atoms with van der Waals surface area (Å²) >= 11 is 0. The lowest BCUT2D eigenvalue weighted by atomic mass is 10.2. The Balaban J connectivity index is 1.57. The third-order valence-electron chi connectivity index (χ3n) is 4.67. The van der Waals surface area contributed by atoms with Crippen LogP contribution in [0.1, 0.15) is 28.8 Å². The summed E-state index contributed by atoms with van der Waals surface area (Å²) in [4.78, 5) is 14.9. The number of rotatable bonds is 5. The van der Waals surface area contributed by atoms with Crippen LogP contribution in [0.3, 0.4) is 0 Å². The molecular formula is C19H20N4O3S. The van der Waals surface area contributed by atoms with Gasteiger partial charge < -0.3 is 4.90 Å². The first kappa shape index (κ1) is 17.5. The molecule has 1 aliphatic rings. The van der Waals surface area contributed by atoms with Crippen LogP contribution in [0.4, 0.5) is 5.69 Å². The molecule has 1 aliphatic heterocycles. The molecular weight excluding hydrogens is 364 g/mol. The van der Waals surface area contributed by atoms with Gasteiger partial charge in [0, 0.05) is 25.0 Å². The minimum Gasteiger partial charge on any atom is -0.371 e. The Labute approximate surface area is 157 Å². The van der Waals surface area contributed by atoms with Gasteiger partial charge in [-0.3, -0.25) is 4.79 Å². The minimum absolute atomic E-state index is 0.243. The summed E-state index contributed by atoms with van der Waals surface area (Å²) in [7, 11) is -3.80. The zero-order chi connectivity index (χ0) is 18.9. The molecule has 0 saturated carbocycles. The van der Waals surface area contributed by atoms with Crippen molar-refractivity contribution in [1.29, 1.82) is 0 Å². The van der Waals surface area contributed by atoms with E-state index in [2.05, 4.69) is 14.7 Å². The molecule has 0 radical (unpaired) electrons. The molecule has 2 aromatic heterocycles. The lowest BCUT2D eigenvalue weighted by Gasteiger charge is -2.17. The number of amides is 1. The van der Waals surface area contributed by atoms with Crippen molar-refractivity contribution in [3.8, 4) is 0 Å². The average molecular weight is 384 g/mol. The Morgan fingerprint density at radius 2 is 1.85 bits per heavy atom. The van der Waals surface area contributed by atoms with E-state index in [1.54, 1.807) is 35.0 Å². The SMILES string of the molecule is O=C(NS(=O)(=O)Cc1ccccc1)c1cnn2ccc(N3CCCC3)cc12. The van der Waals surface area contributed by atoms with Gasteiger partial charge in [-0.15, -0.1) is 0 Å². The predicted octanol–water partition coefficient (Wildman–Crippen LogP) is 2.19. The van der Waals surface area contributed by atoms with Gasteiger partial charge in [-0.05, 0) is 30.5 Å². The first-order chi connectivity index (χ1) is 13.0. The van der Waals surface area contributed by atoms with E-state index < -0.39 is 15.9 Å². The van der Waals surface area contributed by atoms with Gasteiger partial charge in [0.25, 0.3) is 5.91 Å². The third-order valence-corrected chi connectivity index (χ3v) is 5.88. The van der Waals surface area contributed by atoms with Crippen LogP contribution in [-0.4, -0.2) is 37.0 Å². The molecule has 1 aromatic carbocycles. The molecule has 1 amide bonds. The van der Waals surface area contributed by atoms with E-state index in [1.807, 2.05) is 18.2 Å². The van der Waals surface area contributed by atoms with Crippen molar-refractivity contribution >= 4 is 27.1 Å². The van der Waals surface area contributed by atoms with Gasteiger partial charge in [-0.2, -0.15) is 5.10 Å². The Morgan fingerprint density at radius 1 is 1.11 bits per heavy atom. The van der Waals surface area contributed by atoms with Gasteiger partial charge in [0.15, 0.2) is 0 Å². The molecule has 1 N–H and O–H groups in total. The summed E-state index contributed by atoms with van der Waals surface area (Å²) < 4.78 is 28.4. The summed E-state index contributed by atoms with van der Waals surface area (Å²) in [6.07, 6.45) is 5.49. The normalized spacial score (nSPS) is 14.6. The molecule has 0 spiro atoms. The second-order valence-corrected chi connectivity index (χ2v) is 8.37. The van der Waals surface area contributed by atoms with Crippen molar-refractivity contribution in [2.75, 3.05) is 18.0 Å². The number of anilines is 1. The number of nitrogens with one attached hydrogen (secondary N) is 1. The van der Waals surface area contributed by atoms with Crippen molar-refractivity contribution in [3.05, 3.63) is 66.0 Å². The fourth-order valence-electron chi connectivity index (χ4n) is 3.34. The number of hydrogen-bond donors (Lipinski definition) is 1. The molecule has 3 aromatic rings. The number of carbonyl (C=O) groups is 1. The zero-order valence-electron chi connectivity index (χ0n) is 14.7. The fourth-order valence-corrected chi connectivity index (χ4v) is 4.44. The quantitative estimate of drug-likeness (QED) is 0.729. The van der Waals surface area contributed by atoms with Crippen LogP contribution in [0.25, 0.3) is 5.52 Å². The van der Waals surface area contributed by atoms with Crippen LogP contribution >= 0.6 is 0 Å². The summed E-state index contributed by atoms with van der Waals surface area (Å²) in [6.45, 7) is 1.97. The highest BCUT2D eigenvalue weighted by Gasteiger charge is 2.21. The highest BCUT2D eigenvalue weighted by atomic mass is 32.2. The second-order valence-electron chi connectivity index (χ2n) is 6.64. The van der Waals surface area contributed by atoms with Gasteiger partial charge in [0.05, 0.1) is 23.0 Å². The molecule has 4 rings (SSSR count). The molecule has 3 heterocycles. The van der Waals surface area contributed by atoms with Crippen LogP contribution in [0.5, 0.6) is 0 Å². The number of benzene rings is 1. The van der Waals surface area contributed by atoms with Gasteiger partial charge in [0.1, 0.15) is 0 Å². The number of sulfonamides is 1. The molecule has 1 fully saturated rings. The number of nitrogens with zero attached hydrogens (tertiary/aromatic N) is 3. The first-order valence-corrected chi connectivity index (χ1v) is 10.5. The van der Waals surface area contributed by atoms with Crippen LogP contribution in [0.15, 0.2) is 54.9 Å². The predicted molar refractivity (Wildman–Crippen MR) is 103 cm³/mol. The molecule has 0 unspecified atom stereocenters. The topological polar surface area (TPSA) is 83.8 Å². The molecule has 140 valence electrons. The lowest BCUT2D eigenvalue weighted by Crippen LogP contribution is -2.31. The van der Waals surface area contributed by atoms with Gasteiger partial charge in [-0.25, -0.2) is 17.7 Å². The number of fused-ring (bicyclic) bond motifs is 1. The standard InChI is InChI=1S/C19H20N4O3S/c24-19(21-27(25,26)14-15-6-2-1-3-7-15)17-13-20-23-11-8-16(12-18(17)23)22-9-4-5-10-22/h1-3,6-8,11-13H,4-5,9-10,14H2,(H,21,24). The van der Waals surface area contributed by atoms with Crippen LogP contribution in [0.2, 0.25) is 0 Å². The number of carbonyl (C=O) groups excluding carboxylic acids is 1. The molecule has 27 heavy (non-hydrogen) atoms. The van der Waals surface area contributed by atoms with Crippen molar-refractivity contribution in [2.45, 2.75) is 18.6 Å². The highest BCUT2D eigenvalue weighted by Crippen LogP contribution is 2.23. The van der Waals surface area contributed by atoms with E-state index in [0.717, 1.165) is 31.6 Å². The maximum Gasteiger partial charge on any atom is 0.268 e. The van der Waals surface area contributed by atoms with Gasteiger partial charge in [-0.1, -0.05) is 30.3 Å². The van der Waals surface area contributed by atoms with Crippen LogP contribution in [-0.2, 0) is 15.8 Å². The van der Waals surface area contributed by atoms with E-state index in [-0.39, 0.29) is 11.3 Å². The average Bonchev–Trinajstić information content (AvgIpc) is 3.31. The molecule has 0 bridgehead atoms. The summed E-state index contributed by atoms with van der Waals surface area (Å²) in [6, 6.07) is 12.6. The van der Waals surface area contributed by atoms with E-state index in [4.69, 9.17) is 0 Å². The minimum atomic E-state index is -3.80. The zero-order valence-corrected chi connectivity index (χ0v) is 15.5. The number of hydrogen-bond acceptors (Lipinski definition) is 5. The monoisotopic (exact) mass is 384 g/mol. The van der Waals surface area contributed by atoms with Crippen molar-refractivity contribution in [2.24, 2.45) is 0 Å². The van der Waals surface area contributed by atoms with E-state index >= 15 is 0 Å². The number of pyridine rings is 1. The molecule has 7 nitrogen and oxygen atoms in total. The van der Waals surface area contributed by atoms with E-state index in [0.29, 0.717) is 11.1 Å². The third kappa shape index (κ3) is 3.80. The highest BCUT2D eigenvalue weighted by molar-refractivity contribution is 7.89. The van der Waals surface area contributed by atoms with Crippen molar-refractivity contribution in [1.82, 2.24) is 14.3 Å².